The number of methoxy groups -OCH3 is 1. The average Bonchev–Trinajstić information content (AvgIpc) is 3.36. The Hall–Kier alpha value is -3.65. The van der Waals surface area contributed by atoms with Crippen LogP contribution < -0.4 is 20.1 Å². The van der Waals surface area contributed by atoms with Crippen LogP contribution >= 0.6 is 0 Å². The van der Waals surface area contributed by atoms with Crippen molar-refractivity contribution in [2.24, 2.45) is 5.92 Å². The van der Waals surface area contributed by atoms with Gasteiger partial charge < -0.3 is 25.0 Å². The molecule has 2 unspecified atom stereocenters. The number of allylic oxidation sites excluding steroid dienone is 2. The minimum atomic E-state index is 0. The zero-order valence-electron chi connectivity index (χ0n) is 25.4. The van der Waals surface area contributed by atoms with Crippen LogP contribution in [0.2, 0.25) is 0 Å². The lowest BCUT2D eigenvalue weighted by atomic mass is 9.88. The van der Waals surface area contributed by atoms with Gasteiger partial charge in [0, 0.05) is 39.0 Å². The number of ether oxygens (including phenoxy) is 2. The SMILES string of the molecule is CC.COc1cc(Nc2nccc(Nc3ccc4c(n3)CC3C=CC4CCC3)n2)ccc1OCCCN1CCCCC1.[HH].[HH]. The Morgan fingerprint density at radius 2 is 1.76 bits per heavy atom. The Labute approximate surface area is 253 Å². The number of nitrogens with one attached hydrogen (secondary N) is 2. The zero-order valence-corrected chi connectivity index (χ0v) is 25.4. The fraction of sp³-hybridized carbons (Fsp3) is 0.500. The van der Waals surface area contributed by atoms with Crippen molar-refractivity contribution in [1.82, 2.24) is 19.9 Å². The Morgan fingerprint density at radius 3 is 2.62 bits per heavy atom. The highest BCUT2D eigenvalue weighted by Gasteiger charge is 2.24. The molecule has 1 aliphatic heterocycles. The van der Waals surface area contributed by atoms with E-state index in [-0.39, 0.29) is 2.85 Å². The lowest BCUT2D eigenvalue weighted by Crippen LogP contribution is -2.31. The highest BCUT2D eigenvalue weighted by atomic mass is 16.5. The molecule has 2 atom stereocenters. The summed E-state index contributed by atoms with van der Waals surface area (Å²) >= 11 is 0. The van der Waals surface area contributed by atoms with Crippen LogP contribution in [0.4, 0.5) is 23.3 Å². The molecule has 1 fully saturated rings. The first-order valence-corrected chi connectivity index (χ1v) is 15.8. The van der Waals surface area contributed by atoms with Gasteiger partial charge in [0.25, 0.3) is 0 Å². The third kappa shape index (κ3) is 7.79. The van der Waals surface area contributed by atoms with Crippen LogP contribution in [0.3, 0.4) is 0 Å². The number of benzene rings is 1. The van der Waals surface area contributed by atoms with Gasteiger partial charge in [0.05, 0.1) is 13.7 Å². The normalized spacial score (nSPS) is 19.5. The fourth-order valence-corrected chi connectivity index (χ4v) is 6.11. The second kappa shape index (κ2) is 15.0. The second-order valence-corrected chi connectivity index (χ2v) is 11.1. The number of anilines is 4. The van der Waals surface area contributed by atoms with Crippen molar-refractivity contribution in [1.29, 1.82) is 0 Å². The van der Waals surface area contributed by atoms with E-state index in [1.54, 1.807) is 13.3 Å². The molecule has 2 aromatic heterocycles. The summed E-state index contributed by atoms with van der Waals surface area (Å²) in [4.78, 5) is 16.6. The van der Waals surface area contributed by atoms with E-state index in [2.05, 4.69) is 49.8 Å². The van der Waals surface area contributed by atoms with Crippen molar-refractivity contribution >= 4 is 23.3 Å². The number of nitrogens with zero attached hydrogens (tertiary/aromatic N) is 4. The number of aromatic nitrogens is 3. The minimum Gasteiger partial charge on any atom is -0.493 e. The summed E-state index contributed by atoms with van der Waals surface area (Å²) in [5, 5.41) is 6.67. The van der Waals surface area contributed by atoms with Gasteiger partial charge in [-0.3, -0.25) is 0 Å². The lowest BCUT2D eigenvalue weighted by molar-refractivity contribution is 0.203. The van der Waals surface area contributed by atoms with Crippen LogP contribution in [0.1, 0.15) is 78.8 Å². The maximum Gasteiger partial charge on any atom is 0.229 e. The second-order valence-electron chi connectivity index (χ2n) is 11.1. The van der Waals surface area contributed by atoms with Crippen LogP contribution in [-0.4, -0.2) is 53.2 Å². The Morgan fingerprint density at radius 1 is 0.905 bits per heavy atom. The fourth-order valence-electron chi connectivity index (χ4n) is 6.11. The summed E-state index contributed by atoms with van der Waals surface area (Å²) in [7, 11) is 1.66. The van der Waals surface area contributed by atoms with Crippen LogP contribution in [-0.2, 0) is 6.42 Å². The van der Waals surface area contributed by atoms with Crippen molar-refractivity contribution in [3.05, 3.63) is 66.0 Å². The highest BCUT2D eigenvalue weighted by Crippen LogP contribution is 2.37. The highest BCUT2D eigenvalue weighted by molar-refractivity contribution is 5.61. The molecule has 2 bridgehead atoms. The van der Waals surface area contributed by atoms with Crippen molar-refractivity contribution in [3.63, 3.8) is 0 Å². The van der Waals surface area contributed by atoms with Gasteiger partial charge in [-0.2, -0.15) is 4.98 Å². The number of piperidine rings is 1. The molecule has 228 valence electrons. The first-order chi connectivity index (χ1) is 20.7. The van der Waals surface area contributed by atoms with Gasteiger partial charge in [-0.15, -0.1) is 0 Å². The van der Waals surface area contributed by atoms with E-state index >= 15 is 0 Å². The summed E-state index contributed by atoms with van der Waals surface area (Å²) in [5.41, 5.74) is 3.41. The smallest absolute Gasteiger partial charge is 0.229 e. The summed E-state index contributed by atoms with van der Waals surface area (Å²) in [5.74, 6) is 4.52. The molecule has 0 spiro atoms. The molecule has 2 aliphatic carbocycles. The topological polar surface area (TPSA) is 84.4 Å². The average molecular weight is 575 g/mol. The van der Waals surface area contributed by atoms with Crippen molar-refractivity contribution < 1.29 is 12.3 Å². The standard InChI is InChI=1S/C32H40N6O2.C2H6.2H2/c1-39-29-22-25(11-13-28(29)40-20-6-19-38-17-3-2-4-18-38)34-32-33-16-15-31(37-32)36-30-14-12-26-24-8-5-7-23(9-10-24)21-27(26)35-30;1-2;;/h9-16,22-24H,2-8,17-21H2,1H3,(H2,33,34,35,36,37);1-2H3;2*1H. The monoisotopic (exact) mass is 574 g/mol. The van der Waals surface area contributed by atoms with Gasteiger partial charge in [-0.1, -0.05) is 44.9 Å². The zero-order chi connectivity index (χ0) is 29.1. The summed E-state index contributed by atoms with van der Waals surface area (Å²) in [6.45, 7) is 8.18. The Kier molecular flexibility index (Phi) is 10.7. The quantitative estimate of drug-likeness (QED) is 0.185. The van der Waals surface area contributed by atoms with E-state index in [1.165, 1.54) is 62.9 Å². The molecule has 6 rings (SSSR count). The molecular weight excluding hydrogens is 524 g/mol. The molecule has 1 aromatic carbocycles. The lowest BCUT2D eigenvalue weighted by Gasteiger charge is -2.26. The molecule has 0 saturated carbocycles. The Balaban J connectivity index is 0.00000130. The summed E-state index contributed by atoms with van der Waals surface area (Å²) in [6.07, 6.45) is 16.3. The molecular formula is C34H50N6O2. The van der Waals surface area contributed by atoms with Gasteiger partial charge in [0.2, 0.25) is 5.95 Å². The van der Waals surface area contributed by atoms with Gasteiger partial charge in [0.15, 0.2) is 11.5 Å². The van der Waals surface area contributed by atoms with Gasteiger partial charge >= 0.3 is 0 Å². The van der Waals surface area contributed by atoms with Crippen molar-refractivity contribution in [3.8, 4) is 11.5 Å². The minimum absolute atomic E-state index is 0. The molecule has 1 saturated heterocycles. The summed E-state index contributed by atoms with van der Waals surface area (Å²) in [6, 6.07) is 12.0. The summed E-state index contributed by atoms with van der Waals surface area (Å²) < 4.78 is 11.7. The van der Waals surface area contributed by atoms with Gasteiger partial charge in [-0.25, -0.2) is 9.97 Å². The molecule has 3 aromatic rings. The van der Waals surface area contributed by atoms with Gasteiger partial charge in [-0.05, 0) is 87.4 Å². The van der Waals surface area contributed by atoms with E-state index in [0.29, 0.717) is 36.0 Å². The molecule has 8 heteroatoms. The van der Waals surface area contributed by atoms with Crippen molar-refractivity contribution in [2.75, 3.05) is 44.0 Å². The third-order valence-electron chi connectivity index (χ3n) is 8.23. The molecule has 8 nitrogen and oxygen atoms in total. The molecule has 0 amide bonds. The molecule has 0 radical (unpaired) electrons. The van der Waals surface area contributed by atoms with Crippen LogP contribution in [0.5, 0.6) is 11.5 Å². The van der Waals surface area contributed by atoms with Crippen LogP contribution in [0.15, 0.2) is 54.7 Å². The first-order valence-electron chi connectivity index (χ1n) is 15.8. The third-order valence-corrected chi connectivity index (χ3v) is 8.23. The van der Waals surface area contributed by atoms with E-state index < -0.39 is 0 Å². The number of rotatable bonds is 10. The maximum atomic E-state index is 6.05. The van der Waals surface area contributed by atoms with E-state index in [9.17, 15) is 0 Å². The van der Waals surface area contributed by atoms with Crippen molar-refractivity contribution in [2.45, 2.75) is 71.1 Å². The Bertz CT molecular complexity index is 1330. The van der Waals surface area contributed by atoms with E-state index in [0.717, 1.165) is 36.6 Å². The predicted octanol–water partition coefficient (Wildman–Crippen LogP) is 8.14. The largest absolute Gasteiger partial charge is 0.493 e. The number of hydrogen-bond acceptors (Lipinski definition) is 8. The number of fused-ring (bicyclic) bond motifs is 4. The molecule has 3 aliphatic rings. The first kappa shape index (κ1) is 29.8. The van der Waals surface area contributed by atoms with E-state index in [4.69, 9.17) is 14.5 Å². The number of pyridine rings is 1. The molecule has 2 N–H and O–H groups in total. The number of likely N-dealkylation sites (tertiary alicyclic amines) is 1. The van der Waals surface area contributed by atoms with Crippen LogP contribution in [0, 0.1) is 5.92 Å². The van der Waals surface area contributed by atoms with Crippen LogP contribution in [0.25, 0.3) is 0 Å². The number of hydrogen-bond donors (Lipinski definition) is 2. The molecule has 3 heterocycles. The van der Waals surface area contributed by atoms with Gasteiger partial charge in [0.1, 0.15) is 11.6 Å². The predicted molar refractivity (Wildman–Crippen MR) is 175 cm³/mol. The maximum absolute atomic E-state index is 6.05. The van der Waals surface area contributed by atoms with E-state index in [1.807, 2.05) is 38.1 Å². The molecule has 42 heavy (non-hydrogen) atoms.